The first-order valence-electron chi connectivity index (χ1n) is 7.63. The number of hydrogen-bond donors (Lipinski definition) is 1. The van der Waals surface area contributed by atoms with Gasteiger partial charge in [0.1, 0.15) is 5.75 Å². The third kappa shape index (κ3) is 6.11. The zero-order valence-electron chi connectivity index (χ0n) is 13.0. The van der Waals surface area contributed by atoms with Crippen LogP contribution >= 0.6 is 0 Å². The van der Waals surface area contributed by atoms with Crippen molar-refractivity contribution in [3.8, 4) is 5.75 Å². The first kappa shape index (κ1) is 18.1. The van der Waals surface area contributed by atoms with Gasteiger partial charge in [0.05, 0.1) is 0 Å². The molecule has 1 atom stereocenters. The highest BCUT2D eigenvalue weighted by Crippen LogP contribution is 2.15. The smallest absolute Gasteiger partial charge is 0.387 e. The second kappa shape index (κ2) is 9.17. The van der Waals surface area contributed by atoms with Gasteiger partial charge in [-0.15, -0.1) is 0 Å². The number of nitrogens with one attached hydrogen (secondary N) is 1. The average Bonchev–Trinajstić information content (AvgIpc) is 3.08. The molecule has 0 aromatic heterocycles. The summed E-state index contributed by atoms with van der Waals surface area (Å²) in [5.41, 5.74) is 0.855. The van der Waals surface area contributed by atoms with Crippen LogP contribution in [-0.4, -0.2) is 44.4 Å². The zero-order chi connectivity index (χ0) is 17.4. The van der Waals surface area contributed by atoms with Crippen LogP contribution in [0.1, 0.15) is 18.4 Å². The molecule has 0 spiro atoms. The Hall–Kier alpha value is -2.22. The number of carbonyl (C=O) groups excluding carboxylic acids is 2. The number of amides is 1. The molecule has 8 heteroatoms. The quantitative estimate of drug-likeness (QED) is 0.727. The predicted octanol–water partition coefficient (Wildman–Crippen LogP) is 1.67. The van der Waals surface area contributed by atoms with Gasteiger partial charge in [-0.3, -0.25) is 4.79 Å². The Kier molecular flexibility index (Phi) is 6.92. The van der Waals surface area contributed by atoms with Crippen LogP contribution in [-0.2, 0) is 25.5 Å². The summed E-state index contributed by atoms with van der Waals surface area (Å²) in [6.07, 6.45) is 1.38. The number of alkyl halides is 2. The predicted molar refractivity (Wildman–Crippen MR) is 79.7 cm³/mol. The Labute approximate surface area is 138 Å². The van der Waals surface area contributed by atoms with E-state index in [1.807, 2.05) is 0 Å². The number of benzene rings is 1. The van der Waals surface area contributed by atoms with Crippen LogP contribution in [0.25, 0.3) is 0 Å². The summed E-state index contributed by atoms with van der Waals surface area (Å²) >= 11 is 0. The maximum Gasteiger partial charge on any atom is 0.387 e. The Morgan fingerprint density at radius 1 is 1.29 bits per heavy atom. The van der Waals surface area contributed by atoms with Crippen LogP contribution in [0, 0.1) is 0 Å². The number of hydrogen-bond acceptors (Lipinski definition) is 5. The number of esters is 1. The van der Waals surface area contributed by atoms with Crippen LogP contribution in [0.3, 0.4) is 0 Å². The molecule has 1 N–H and O–H groups in total. The van der Waals surface area contributed by atoms with Crippen molar-refractivity contribution >= 4 is 11.9 Å². The molecule has 132 valence electrons. The molecule has 0 unspecified atom stereocenters. The van der Waals surface area contributed by atoms with Crippen LogP contribution < -0.4 is 10.1 Å². The lowest BCUT2D eigenvalue weighted by molar-refractivity contribution is -0.157. The summed E-state index contributed by atoms with van der Waals surface area (Å²) in [7, 11) is 0. The van der Waals surface area contributed by atoms with Gasteiger partial charge in [0, 0.05) is 13.2 Å². The van der Waals surface area contributed by atoms with Gasteiger partial charge in [-0.25, -0.2) is 4.79 Å². The molecular formula is C16H19F2NO5. The van der Waals surface area contributed by atoms with Crippen molar-refractivity contribution in [1.29, 1.82) is 0 Å². The Balaban J connectivity index is 1.62. The van der Waals surface area contributed by atoms with Crippen LogP contribution in [0.5, 0.6) is 5.75 Å². The summed E-state index contributed by atoms with van der Waals surface area (Å²) in [4.78, 5) is 23.2. The number of carbonyl (C=O) groups is 2. The van der Waals surface area contributed by atoms with Crippen LogP contribution in [0.4, 0.5) is 8.78 Å². The highest BCUT2D eigenvalue weighted by Gasteiger charge is 2.25. The van der Waals surface area contributed by atoms with Crippen LogP contribution in [0.15, 0.2) is 24.3 Å². The molecule has 1 heterocycles. The molecule has 6 nitrogen and oxygen atoms in total. The fourth-order valence-corrected chi connectivity index (χ4v) is 2.23. The molecule has 0 saturated carbocycles. The van der Waals surface area contributed by atoms with Crippen molar-refractivity contribution < 1.29 is 32.6 Å². The molecular weight excluding hydrogens is 324 g/mol. The molecule has 1 saturated heterocycles. The van der Waals surface area contributed by atoms with E-state index in [1.165, 1.54) is 12.1 Å². The monoisotopic (exact) mass is 343 g/mol. The van der Waals surface area contributed by atoms with Gasteiger partial charge in [0.15, 0.2) is 12.7 Å². The molecule has 1 aliphatic heterocycles. The third-order valence-electron chi connectivity index (χ3n) is 3.42. The molecule has 1 amide bonds. The van der Waals surface area contributed by atoms with Gasteiger partial charge in [-0.05, 0) is 37.0 Å². The van der Waals surface area contributed by atoms with Crippen molar-refractivity contribution in [2.45, 2.75) is 32.0 Å². The molecule has 0 bridgehead atoms. The summed E-state index contributed by atoms with van der Waals surface area (Å²) < 4.78 is 38.3. The average molecular weight is 343 g/mol. The first-order chi connectivity index (χ1) is 11.5. The summed E-state index contributed by atoms with van der Waals surface area (Å²) in [5.74, 6) is -0.838. The molecule has 2 rings (SSSR count). The number of rotatable bonds is 8. The van der Waals surface area contributed by atoms with Crippen molar-refractivity contribution in [2.75, 3.05) is 19.8 Å². The molecule has 1 fully saturated rings. The number of ether oxygens (including phenoxy) is 3. The minimum Gasteiger partial charge on any atom is -0.454 e. The topological polar surface area (TPSA) is 73.9 Å². The number of halogens is 2. The van der Waals surface area contributed by atoms with Gasteiger partial charge < -0.3 is 19.5 Å². The van der Waals surface area contributed by atoms with Crippen molar-refractivity contribution in [3.63, 3.8) is 0 Å². The summed E-state index contributed by atoms with van der Waals surface area (Å²) in [6.45, 7) is -2.33. The van der Waals surface area contributed by atoms with Crippen molar-refractivity contribution in [2.24, 2.45) is 0 Å². The van der Waals surface area contributed by atoms with Gasteiger partial charge in [-0.1, -0.05) is 12.1 Å². The Morgan fingerprint density at radius 3 is 2.67 bits per heavy atom. The maximum absolute atomic E-state index is 12.0. The lowest BCUT2D eigenvalue weighted by atomic mass is 10.1. The third-order valence-corrected chi connectivity index (χ3v) is 3.42. The fourth-order valence-electron chi connectivity index (χ4n) is 2.23. The Bertz CT molecular complexity index is 544. The van der Waals surface area contributed by atoms with Crippen LogP contribution in [0.2, 0.25) is 0 Å². The fraction of sp³-hybridized carbons (Fsp3) is 0.500. The molecule has 0 aliphatic carbocycles. The van der Waals surface area contributed by atoms with E-state index < -0.39 is 24.6 Å². The van der Waals surface area contributed by atoms with E-state index in [9.17, 15) is 18.4 Å². The molecule has 1 aliphatic rings. The van der Waals surface area contributed by atoms with E-state index in [0.29, 0.717) is 26.0 Å². The normalized spacial score (nSPS) is 16.9. The van der Waals surface area contributed by atoms with E-state index in [1.54, 1.807) is 12.1 Å². The lowest BCUT2D eigenvalue weighted by Crippen LogP contribution is -2.32. The van der Waals surface area contributed by atoms with E-state index in [2.05, 4.69) is 10.1 Å². The molecule has 0 radical (unpaired) electrons. The van der Waals surface area contributed by atoms with Gasteiger partial charge >= 0.3 is 12.6 Å². The largest absolute Gasteiger partial charge is 0.454 e. The van der Waals surface area contributed by atoms with E-state index in [-0.39, 0.29) is 12.4 Å². The summed E-state index contributed by atoms with van der Waals surface area (Å²) in [6, 6.07) is 6.15. The second-order valence-corrected chi connectivity index (χ2v) is 5.23. The van der Waals surface area contributed by atoms with Gasteiger partial charge in [0.25, 0.3) is 5.91 Å². The standard InChI is InChI=1S/C16H19F2NO5/c17-16(18)24-12-5-3-11(4-6-12)7-8-19-14(20)10-23-15(21)13-2-1-9-22-13/h3-6,13,16H,1-2,7-10H2,(H,19,20)/t13-/m0/s1. The van der Waals surface area contributed by atoms with Crippen molar-refractivity contribution in [3.05, 3.63) is 29.8 Å². The maximum atomic E-state index is 12.0. The highest BCUT2D eigenvalue weighted by molar-refractivity contribution is 5.82. The van der Waals surface area contributed by atoms with Gasteiger partial charge in [-0.2, -0.15) is 8.78 Å². The highest BCUT2D eigenvalue weighted by atomic mass is 19.3. The Morgan fingerprint density at radius 2 is 2.04 bits per heavy atom. The minimum atomic E-state index is -2.85. The van der Waals surface area contributed by atoms with Gasteiger partial charge in [0.2, 0.25) is 0 Å². The van der Waals surface area contributed by atoms with Crippen molar-refractivity contribution in [1.82, 2.24) is 5.32 Å². The first-order valence-corrected chi connectivity index (χ1v) is 7.63. The summed E-state index contributed by atoms with van der Waals surface area (Å²) in [5, 5.41) is 2.62. The molecule has 1 aromatic rings. The second-order valence-electron chi connectivity index (χ2n) is 5.23. The zero-order valence-corrected chi connectivity index (χ0v) is 13.0. The SMILES string of the molecule is O=C(COC(=O)[C@@H]1CCCO1)NCCc1ccc(OC(F)F)cc1. The molecule has 24 heavy (non-hydrogen) atoms. The van der Waals surface area contributed by atoms with E-state index >= 15 is 0 Å². The molecule has 1 aromatic carbocycles. The minimum absolute atomic E-state index is 0.0822. The van der Waals surface area contributed by atoms with E-state index in [0.717, 1.165) is 12.0 Å². The lowest BCUT2D eigenvalue weighted by Gasteiger charge is -2.10. The van der Waals surface area contributed by atoms with E-state index in [4.69, 9.17) is 9.47 Å².